The molecule has 0 aromatic carbocycles. The van der Waals surface area contributed by atoms with Gasteiger partial charge in [-0.1, -0.05) is 0 Å². The van der Waals surface area contributed by atoms with Crippen LogP contribution in [0, 0.1) is 0 Å². The summed E-state index contributed by atoms with van der Waals surface area (Å²) in [6.45, 7) is 2.57. The lowest BCUT2D eigenvalue weighted by molar-refractivity contribution is 0.258. The van der Waals surface area contributed by atoms with Gasteiger partial charge in [-0.3, -0.25) is 4.98 Å². The molecule has 0 saturated carbocycles. The molecule has 0 aliphatic rings. The first-order valence-corrected chi connectivity index (χ1v) is 5.65. The molecule has 0 aliphatic heterocycles. The summed E-state index contributed by atoms with van der Waals surface area (Å²) >= 11 is 0. The van der Waals surface area contributed by atoms with E-state index in [0.29, 0.717) is 0 Å². The van der Waals surface area contributed by atoms with Crippen molar-refractivity contribution < 1.29 is 13.5 Å². The van der Waals surface area contributed by atoms with Gasteiger partial charge in [-0.15, -0.1) is 0 Å². The summed E-state index contributed by atoms with van der Waals surface area (Å²) in [7, 11) is -3.48. The second-order valence-corrected chi connectivity index (χ2v) is 6.19. The van der Waals surface area contributed by atoms with E-state index in [2.05, 4.69) is 4.98 Å². The first kappa shape index (κ1) is 11.1. The van der Waals surface area contributed by atoms with Crippen LogP contribution in [0.1, 0.15) is 13.8 Å². The predicted octanol–water partition coefficient (Wildman–Crippen LogP) is 0.626. The molecular weight excluding hydrogens is 202 g/mol. The zero-order valence-electron chi connectivity index (χ0n) is 8.14. The molecule has 0 aliphatic carbocycles. The highest BCUT2D eigenvalue weighted by molar-refractivity contribution is 7.92. The summed E-state index contributed by atoms with van der Waals surface area (Å²) < 4.78 is 22.6. The Bertz CT molecular complexity index is 397. The van der Waals surface area contributed by atoms with E-state index in [1.54, 1.807) is 0 Å². The number of sulfone groups is 1. The van der Waals surface area contributed by atoms with E-state index in [-0.39, 0.29) is 4.90 Å². The van der Waals surface area contributed by atoms with Gasteiger partial charge in [0.05, 0.1) is 16.2 Å². The number of rotatable bonds is 3. The molecule has 0 amide bonds. The average molecular weight is 215 g/mol. The second kappa shape index (κ2) is 3.67. The Kier molecular flexibility index (Phi) is 2.92. The molecule has 0 fully saturated rings. The van der Waals surface area contributed by atoms with Crippen molar-refractivity contribution in [3.8, 4) is 0 Å². The third-order valence-electron chi connectivity index (χ3n) is 2.07. The van der Waals surface area contributed by atoms with Crippen LogP contribution in [0.4, 0.5) is 0 Å². The number of pyridine rings is 1. The number of aromatic nitrogens is 1. The molecule has 1 aromatic heterocycles. The molecule has 0 bridgehead atoms. The highest BCUT2D eigenvalue weighted by Gasteiger charge is 2.34. The van der Waals surface area contributed by atoms with Crippen LogP contribution in [0.25, 0.3) is 0 Å². The van der Waals surface area contributed by atoms with Crippen molar-refractivity contribution in [3.05, 3.63) is 24.5 Å². The fourth-order valence-corrected chi connectivity index (χ4v) is 2.21. The van der Waals surface area contributed by atoms with Crippen molar-refractivity contribution in [2.45, 2.75) is 23.5 Å². The van der Waals surface area contributed by atoms with Crippen molar-refractivity contribution in [2.75, 3.05) is 6.61 Å². The minimum absolute atomic E-state index is 0.187. The van der Waals surface area contributed by atoms with Crippen LogP contribution in [0.3, 0.4) is 0 Å². The predicted molar refractivity (Wildman–Crippen MR) is 52.6 cm³/mol. The fourth-order valence-electron chi connectivity index (χ4n) is 0.921. The SMILES string of the molecule is CC(C)(CO)S(=O)(=O)c1ccncc1. The number of aliphatic hydroxyl groups excluding tert-OH is 1. The van der Waals surface area contributed by atoms with Crippen LogP contribution in [0.15, 0.2) is 29.4 Å². The normalized spacial score (nSPS) is 12.8. The van der Waals surface area contributed by atoms with Crippen molar-refractivity contribution in [2.24, 2.45) is 0 Å². The summed E-state index contributed by atoms with van der Waals surface area (Å²) in [5.41, 5.74) is 0. The Morgan fingerprint density at radius 3 is 2.29 bits per heavy atom. The molecule has 0 saturated heterocycles. The first-order valence-electron chi connectivity index (χ1n) is 4.17. The van der Waals surface area contributed by atoms with Crippen LogP contribution in [0.2, 0.25) is 0 Å². The molecule has 4 nitrogen and oxygen atoms in total. The minimum Gasteiger partial charge on any atom is -0.395 e. The van der Waals surface area contributed by atoms with Crippen LogP contribution in [0.5, 0.6) is 0 Å². The molecule has 1 rings (SSSR count). The first-order chi connectivity index (χ1) is 6.42. The summed E-state index contributed by atoms with van der Waals surface area (Å²) in [4.78, 5) is 3.93. The second-order valence-electron chi connectivity index (χ2n) is 3.60. The highest BCUT2D eigenvalue weighted by atomic mass is 32.2. The van der Waals surface area contributed by atoms with Gasteiger partial charge in [0.2, 0.25) is 0 Å². The number of nitrogens with zero attached hydrogens (tertiary/aromatic N) is 1. The lowest BCUT2D eigenvalue weighted by Crippen LogP contribution is -2.35. The maximum atomic E-state index is 11.9. The third-order valence-corrected chi connectivity index (χ3v) is 4.55. The van der Waals surface area contributed by atoms with Crippen LogP contribution < -0.4 is 0 Å². The van der Waals surface area contributed by atoms with E-state index in [1.807, 2.05) is 0 Å². The van der Waals surface area contributed by atoms with E-state index in [1.165, 1.54) is 38.4 Å². The largest absolute Gasteiger partial charge is 0.395 e. The zero-order chi connectivity index (χ0) is 10.8. The molecule has 0 radical (unpaired) electrons. The van der Waals surface area contributed by atoms with Gasteiger partial charge in [0, 0.05) is 12.4 Å². The smallest absolute Gasteiger partial charge is 0.185 e. The Hall–Kier alpha value is -0.940. The van der Waals surface area contributed by atoms with Crippen LogP contribution in [-0.4, -0.2) is 29.9 Å². The summed E-state index contributed by atoms with van der Waals surface area (Å²) in [6, 6.07) is 2.85. The van der Waals surface area contributed by atoms with Gasteiger partial charge >= 0.3 is 0 Å². The third kappa shape index (κ3) is 1.78. The molecule has 0 unspecified atom stereocenters. The molecule has 14 heavy (non-hydrogen) atoms. The summed E-state index contributed by atoms with van der Waals surface area (Å²) in [5.74, 6) is 0. The van der Waals surface area contributed by atoms with Gasteiger partial charge in [-0.25, -0.2) is 8.42 Å². The molecule has 0 atom stereocenters. The van der Waals surface area contributed by atoms with Gasteiger partial charge in [-0.2, -0.15) is 0 Å². The Morgan fingerprint density at radius 2 is 1.86 bits per heavy atom. The Morgan fingerprint density at radius 1 is 1.36 bits per heavy atom. The van der Waals surface area contributed by atoms with Crippen molar-refractivity contribution >= 4 is 9.84 Å². The summed E-state index contributed by atoms with van der Waals surface area (Å²) in [6.07, 6.45) is 2.83. The topological polar surface area (TPSA) is 67.3 Å². The Balaban J connectivity index is 3.23. The highest BCUT2D eigenvalue weighted by Crippen LogP contribution is 2.23. The average Bonchev–Trinajstić information content (AvgIpc) is 2.19. The van der Waals surface area contributed by atoms with Crippen LogP contribution in [-0.2, 0) is 9.84 Å². The molecule has 0 spiro atoms. The van der Waals surface area contributed by atoms with Gasteiger partial charge in [0.25, 0.3) is 0 Å². The minimum atomic E-state index is -3.48. The molecule has 1 N–H and O–H groups in total. The lowest BCUT2D eigenvalue weighted by Gasteiger charge is -2.21. The van der Waals surface area contributed by atoms with Gasteiger partial charge in [-0.05, 0) is 26.0 Å². The molecule has 78 valence electrons. The number of hydrogen-bond acceptors (Lipinski definition) is 4. The van der Waals surface area contributed by atoms with E-state index in [0.717, 1.165) is 0 Å². The quantitative estimate of drug-likeness (QED) is 0.803. The summed E-state index contributed by atoms with van der Waals surface area (Å²) in [5, 5.41) is 9.00. The number of hydrogen-bond donors (Lipinski definition) is 1. The van der Waals surface area contributed by atoms with E-state index >= 15 is 0 Å². The Labute approximate surface area is 83.5 Å². The standard InChI is InChI=1S/C9H13NO3S/c1-9(2,7-11)14(12,13)8-3-5-10-6-4-8/h3-6,11H,7H2,1-2H3. The molecule has 1 aromatic rings. The number of aliphatic hydroxyl groups is 1. The molecular formula is C9H13NO3S. The van der Waals surface area contributed by atoms with Crippen LogP contribution >= 0.6 is 0 Å². The van der Waals surface area contributed by atoms with Gasteiger partial charge < -0.3 is 5.11 Å². The monoisotopic (exact) mass is 215 g/mol. The lowest BCUT2D eigenvalue weighted by atomic mass is 10.2. The van der Waals surface area contributed by atoms with Gasteiger partial charge in [0.1, 0.15) is 0 Å². The molecule has 1 heterocycles. The van der Waals surface area contributed by atoms with Crippen molar-refractivity contribution in [1.82, 2.24) is 4.98 Å². The maximum absolute atomic E-state index is 11.9. The van der Waals surface area contributed by atoms with Crippen molar-refractivity contribution in [3.63, 3.8) is 0 Å². The van der Waals surface area contributed by atoms with Crippen molar-refractivity contribution in [1.29, 1.82) is 0 Å². The maximum Gasteiger partial charge on any atom is 0.185 e. The van der Waals surface area contributed by atoms with E-state index in [4.69, 9.17) is 5.11 Å². The van der Waals surface area contributed by atoms with Gasteiger partial charge in [0.15, 0.2) is 9.84 Å². The van der Waals surface area contributed by atoms with E-state index < -0.39 is 21.2 Å². The zero-order valence-corrected chi connectivity index (χ0v) is 8.95. The fraction of sp³-hybridized carbons (Fsp3) is 0.444. The van der Waals surface area contributed by atoms with E-state index in [9.17, 15) is 8.42 Å². The molecule has 5 heteroatoms.